The molecule has 0 saturated carbocycles. The molecule has 3 aromatic carbocycles. The molecule has 0 bridgehead atoms. The average Bonchev–Trinajstić information content (AvgIpc) is 2.91. The van der Waals surface area contributed by atoms with E-state index in [9.17, 15) is 10.1 Å². The highest BCUT2D eigenvalue weighted by atomic mass is 32.2. The molecule has 4 aromatic rings. The summed E-state index contributed by atoms with van der Waals surface area (Å²) in [5, 5.41) is 12.5. The van der Waals surface area contributed by atoms with Crippen molar-refractivity contribution in [2.24, 2.45) is 0 Å². The minimum absolute atomic E-state index is 0.0301. The predicted octanol–water partition coefficient (Wildman–Crippen LogP) is 5.45. The van der Waals surface area contributed by atoms with E-state index >= 15 is 0 Å². The summed E-state index contributed by atoms with van der Waals surface area (Å²) in [5.41, 5.74) is 2.45. The van der Waals surface area contributed by atoms with Gasteiger partial charge < -0.3 is 4.90 Å². The van der Waals surface area contributed by atoms with Gasteiger partial charge in [-0.1, -0.05) is 90.6 Å². The van der Waals surface area contributed by atoms with Crippen molar-refractivity contribution in [3.63, 3.8) is 0 Å². The van der Waals surface area contributed by atoms with Gasteiger partial charge in [-0.2, -0.15) is 0 Å². The van der Waals surface area contributed by atoms with Gasteiger partial charge in [0.2, 0.25) is 5.82 Å². The second kappa shape index (κ2) is 10.7. The van der Waals surface area contributed by atoms with Crippen molar-refractivity contribution in [3.05, 3.63) is 119 Å². The Kier molecular flexibility index (Phi) is 7.02. The summed E-state index contributed by atoms with van der Waals surface area (Å²) < 4.78 is 0. The van der Waals surface area contributed by atoms with Crippen LogP contribution in [0.3, 0.4) is 0 Å². The van der Waals surface area contributed by atoms with E-state index in [0.29, 0.717) is 23.9 Å². The Morgan fingerprint density at radius 3 is 1.86 bits per heavy atom. The maximum Gasteiger partial charge on any atom is 0.343 e. The Morgan fingerprint density at radius 2 is 1.31 bits per heavy atom. The quantitative estimate of drug-likeness (QED) is 0.197. The van der Waals surface area contributed by atoms with E-state index < -0.39 is 0 Å². The third kappa shape index (κ3) is 5.18. The number of nitro groups is 1. The monoisotopic (exact) mass is 483 g/mol. The van der Waals surface area contributed by atoms with E-state index in [2.05, 4.69) is 63.4 Å². The molecule has 1 aliphatic rings. The fourth-order valence-electron chi connectivity index (χ4n) is 4.50. The molecule has 0 spiro atoms. The van der Waals surface area contributed by atoms with E-state index in [-0.39, 0.29) is 16.7 Å². The van der Waals surface area contributed by atoms with E-state index in [1.54, 1.807) is 0 Å². The zero-order valence-electron chi connectivity index (χ0n) is 19.1. The van der Waals surface area contributed by atoms with Crippen LogP contribution in [0.15, 0.2) is 107 Å². The smallest absolute Gasteiger partial charge is 0.343 e. The summed E-state index contributed by atoms with van der Waals surface area (Å²) in [6.45, 7) is 2.81. The Hall–Kier alpha value is -3.75. The molecule has 0 amide bonds. The van der Waals surface area contributed by atoms with E-state index in [1.807, 2.05) is 47.4 Å². The molecule has 35 heavy (non-hydrogen) atoms. The van der Waals surface area contributed by atoms with E-state index in [1.165, 1.54) is 29.2 Å². The molecular weight excluding hydrogens is 458 g/mol. The highest BCUT2D eigenvalue weighted by Gasteiger charge is 2.32. The molecule has 1 saturated heterocycles. The number of anilines is 1. The van der Waals surface area contributed by atoms with Gasteiger partial charge in [-0.05, 0) is 23.3 Å². The normalized spacial score (nSPS) is 14.3. The van der Waals surface area contributed by atoms with Gasteiger partial charge in [0, 0.05) is 31.1 Å². The molecule has 0 N–H and O–H groups in total. The first kappa shape index (κ1) is 23.0. The summed E-state index contributed by atoms with van der Waals surface area (Å²) in [6, 6.07) is 30.7. The zero-order chi connectivity index (χ0) is 24.0. The first-order valence-corrected chi connectivity index (χ1v) is 12.3. The number of nitrogens with zero attached hydrogens (tertiary/aromatic N) is 5. The minimum atomic E-state index is -0.357. The van der Waals surface area contributed by atoms with Gasteiger partial charge in [-0.3, -0.25) is 15.0 Å². The second-order valence-corrected chi connectivity index (χ2v) is 9.33. The third-order valence-electron chi connectivity index (χ3n) is 6.12. The molecule has 1 aromatic heterocycles. The van der Waals surface area contributed by atoms with Crippen LogP contribution in [0.1, 0.15) is 17.2 Å². The van der Waals surface area contributed by atoms with Gasteiger partial charge in [0.05, 0.1) is 11.0 Å². The lowest BCUT2D eigenvalue weighted by Gasteiger charge is -2.40. The molecule has 0 unspecified atom stereocenters. The molecule has 0 aliphatic carbocycles. The average molecular weight is 484 g/mol. The maximum absolute atomic E-state index is 12.1. The Balaban J connectivity index is 1.39. The number of hydrogen-bond acceptors (Lipinski definition) is 7. The number of rotatable bonds is 7. The zero-order valence-corrected chi connectivity index (χ0v) is 19.9. The molecule has 2 heterocycles. The van der Waals surface area contributed by atoms with Crippen LogP contribution in [0.2, 0.25) is 0 Å². The van der Waals surface area contributed by atoms with Crippen molar-refractivity contribution >= 4 is 23.3 Å². The Bertz CT molecular complexity index is 1230. The summed E-state index contributed by atoms with van der Waals surface area (Å²) in [6.07, 6.45) is 1.43. The summed E-state index contributed by atoms with van der Waals surface area (Å²) in [7, 11) is 0. The third-order valence-corrected chi connectivity index (χ3v) is 7.12. The van der Waals surface area contributed by atoms with Crippen molar-refractivity contribution in [3.8, 4) is 0 Å². The lowest BCUT2D eigenvalue weighted by molar-refractivity contribution is -0.387. The number of aromatic nitrogens is 2. The van der Waals surface area contributed by atoms with Gasteiger partial charge in [0.15, 0.2) is 5.03 Å². The molecule has 5 rings (SSSR count). The summed E-state index contributed by atoms with van der Waals surface area (Å²) >= 11 is 1.29. The largest absolute Gasteiger partial charge is 0.348 e. The predicted molar refractivity (Wildman–Crippen MR) is 138 cm³/mol. The Morgan fingerprint density at radius 1 is 0.771 bits per heavy atom. The molecule has 0 atom stereocenters. The number of piperazine rings is 1. The van der Waals surface area contributed by atoms with Crippen LogP contribution < -0.4 is 4.90 Å². The van der Waals surface area contributed by atoms with Crippen molar-refractivity contribution in [1.29, 1.82) is 0 Å². The van der Waals surface area contributed by atoms with Crippen LogP contribution in [0.5, 0.6) is 0 Å². The molecule has 1 aliphatic heterocycles. The van der Waals surface area contributed by atoms with Crippen LogP contribution in [0.25, 0.3) is 0 Å². The summed E-state index contributed by atoms with van der Waals surface area (Å²) in [5.74, 6) is 0.388. The minimum Gasteiger partial charge on any atom is -0.348 e. The van der Waals surface area contributed by atoms with Crippen LogP contribution in [-0.4, -0.2) is 46.0 Å². The van der Waals surface area contributed by atoms with Crippen molar-refractivity contribution < 1.29 is 4.92 Å². The second-order valence-electron chi connectivity index (χ2n) is 8.27. The SMILES string of the molecule is O=[N+]([O-])c1c(Sc2ccccc2)ncnc1N1CCN(C(c2ccccc2)c2ccccc2)CC1. The molecule has 0 radical (unpaired) electrons. The first-order chi connectivity index (χ1) is 17.2. The fourth-order valence-corrected chi connectivity index (χ4v) is 5.38. The van der Waals surface area contributed by atoms with Crippen molar-refractivity contribution in [2.75, 3.05) is 31.1 Å². The summed E-state index contributed by atoms with van der Waals surface area (Å²) in [4.78, 5) is 25.7. The van der Waals surface area contributed by atoms with Crippen LogP contribution in [0, 0.1) is 10.1 Å². The van der Waals surface area contributed by atoms with Crippen molar-refractivity contribution in [2.45, 2.75) is 16.0 Å². The standard InChI is InChI=1S/C27H25N5O2S/c33-32(34)25-26(28-20-29-27(25)35-23-14-8-3-9-15-23)31-18-16-30(17-19-31)24(21-10-4-1-5-11-21)22-12-6-2-7-13-22/h1-15,20,24H,16-19H2. The number of hydrogen-bond donors (Lipinski definition) is 0. The van der Waals surface area contributed by atoms with Gasteiger partial charge in [-0.25, -0.2) is 9.97 Å². The highest BCUT2D eigenvalue weighted by molar-refractivity contribution is 7.99. The fraction of sp³-hybridized carbons (Fsp3) is 0.185. The molecule has 7 nitrogen and oxygen atoms in total. The molecule has 8 heteroatoms. The molecular formula is C27H25N5O2S. The topological polar surface area (TPSA) is 75.4 Å². The molecule has 176 valence electrons. The first-order valence-electron chi connectivity index (χ1n) is 11.5. The lowest BCUT2D eigenvalue weighted by atomic mass is 9.96. The maximum atomic E-state index is 12.1. The van der Waals surface area contributed by atoms with Crippen LogP contribution in [-0.2, 0) is 0 Å². The van der Waals surface area contributed by atoms with Gasteiger partial charge in [0.1, 0.15) is 6.33 Å². The van der Waals surface area contributed by atoms with E-state index in [0.717, 1.165) is 18.0 Å². The number of benzene rings is 3. The van der Waals surface area contributed by atoms with Gasteiger partial charge in [-0.15, -0.1) is 0 Å². The lowest BCUT2D eigenvalue weighted by Crippen LogP contribution is -2.48. The van der Waals surface area contributed by atoms with Crippen LogP contribution in [0.4, 0.5) is 11.5 Å². The van der Waals surface area contributed by atoms with Gasteiger partial charge in [0.25, 0.3) is 0 Å². The molecule has 1 fully saturated rings. The van der Waals surface area contributed by atoms with Crippen molar-refractivity contribution in [1.82, 2.24) is 14.9 Å². The highest BCUT2D eigenvalue weighted by Crippen LogP contribution is 2.38. The van der Waals surface area contributed by atoms with Crippen LogP contribution >= 0.6 is 11.8 Å². The Labute approximate surface area is 208 Å². The van der Waals surface area contributed by atoms with Gasteiger partial charge >= 0.3 is 5.69 Å². The van der Waals surface area contributed by atoms with E-state index in [4.69, 9.17) is 0 Å².